The minimum Gasteiger partial charge on any atom is -0.308 e. The van der Waals surface area contributed by atoms with Gasteiger partial charge in [-0.25, -0.2) is 17.5 Å². The number of hydrogen-bond acceptors (Lipinski definition) is 3. The van der Waals surface area contributed by atoms with Crippen LogP contribution >= 0.6 is 0 Å². The molecule has 5 nitrogen and oxygen atoms in total. The SMILES string of the molecule is CNS(=O)(=O)c1ccc2c(c1)CCN2C(=O)/C=C/c1ccccc1F. The Labute approximate surface area is 145 Å². The number of sulfonamides is 1. The van der Waals surface area contributed by atoms with Gasteiger partial charge in [0.05, 0.1) is 4.90 Å². The lowest BCUT2D eigenvalue weighted by Crippen LogP contribution is -2.26. The number of halogens is 1. The molecule has 0 spiro atoms. The molecule has 1 aliphatic rings. The Bertz CT molecular complexity index is 955. The largest absolute Gasteiger partial charge is 0.308 e. The molecule has 0 unspecified atom stereocenters. The number of carbonyl (C=O) groups excluding carboxylic acids is 1. The van der Waals surface area contributed by atoms with E-state index >= 15 is 0 Å². The van der Waals surface area contributed by atoms with E-state index < -0.39 is 15.8 Å². The molecule has 1 amide bonds. The van der Waals surface area contributed by atoms with Crippen LogP contribution in [0.5, 0.6) is 0 Å². The molecular formula is C18H17FN2O3S. The Morgan fingerprint density at radius 3 is 2.72 bits per heavy atom. The standard InChI is InChI=1S/C18H17FN2O3S/c1-20-25(23,24)15-7-8-17-14(12-15)10-11-21(17)18(22)9-6-13-4-2-3-5-16(13)19/h2-9,12,20H,10-11H2,1H3/b9-6+. The number of rotatable bonds is 4. The van der Waals surface area contributed by atoms with Gasteiger partial charge < -0.3 is 4.90 Å². The van der Waals surface area contributed by atoms with Gasteiger partial charge in [-0.1, -0.05) is 18.2 Å². The second kappa shape index (κ2) is 6.78. The quantitative estimate of drug-likeness (QED) is 0.851. The third-order valence-electron chi connectivity index (χ3n) is 4.10. The van der Waals surface area contributed by atoms with E-state index in [1.165, 1.54) is 31.3 Å². The first-order valence-electron chi connectivity index (χ1n) is 7.73. The zero-order valence-electron chi connectivity index (χ0n) is 13.6. The van der Waals surface area contributed by atoms with Crippen molar-refractivity contribution in [3.8, 4) is 0 Å². The fraction of sp³-hybridized carbons (Fsp3) is 0.167. The van der Waals surface area contributed by atoms with Crippen LogP contribution in [0.3, 0.4) is 0 Å². The number of anilines is 1. The fourth-order valence-corrected chi connectivity index (χ4v) is 3.53. The van der Waals surface area contributed by atoms with Crippen molar-refractivity contribution in [1.82, 2.24) is 4.72 Å². The van der Waals surface area contributed by atoms with Gasteiger partial charge in [0.1, 0.15) is 5.82 Å². The van der Waals surface area contributed by atoms with Gasteiger partial charge in [-0.05, 0) is 49.4 Å². The van der Waals surface area contributed by atoms with Crippen molar-refractivity contribution in [2.24, 2.45) is 0 Å². The van der Waals surface area contributed by atoms with Gasteiger partial charge in [0.2, 0.25) is 10.0 Å². The molecule has 130 valence electrons. The second-order valence-corrected chi connectivity index (χ2v) is 7.48. The number of carbonyl (C=O) groups is 1. The summed E-state index contributed by atoms with van der Waals surface area (Å²) < 4.78 is 39.6. The predicted molar refractivity (Wildman–Crippen MR) is 94.2 cm³/mol. The number of hydrogen-bond donors (Lipinski definition) is 1. The average Bonchev–Trinajstić information content (AvgIpc) is 3.04. The molecular weight excluding hydrogens is 343 g/mol. The summed E-state index contributed by atoms with van der Waals surface area (Å²) in [7, 11) is -2.16. The van der Waals surface area contributed by atoms with Gasteiger partial charge in [0.15, 0.2) is 0 Å². The highest BCUT2D eigenvalue weighted by Crippen LogP contribution is 2.30. The normalized spacial score (nSPS) is 14.1. The third-order valence-corrected chi connectivity index (χ3v) is 5.51. The van der Waals surface area contributed by atoms with Crippen LogP contribution in [-0.2, 0) is 21.2 Å². The number of amides is 1. The lowest BCUT2D eigenvalue weighted by atomic mass is 10.2. The Hall–Kier alpha value is -2.51. The van der Waals surface area contributed by atoms with Crippen LogP contribution in [0.2, 0.25) is 0 Å². The average molecular weight is 360 g/mol. The van der Waals surface area contributed by atoms with Crippen molar-refractivity contribution in [2.45, 2.75) is 11.3 Å². The van der Waals surface area contributed by atoms with Crippen molar-refractivity contribution in [2.75, 3.05) is 18.5 Å². The molecule has 3 rings (SSSR count). The summed E-state index contributed by atoms with van der Waals surface area (Å²) in [6, 6.07) is 10.9. The van der Waals surface area contributed by atoms with Crippen LogP contribution < -0.4 is 9.62 Å². The number of benzene rings is 2. The summed E-state index contributed by atoms with van der Waals surface area (Å²) in [4.78, 5) is 14.1. The summed E-state index contributed by atoms with van der Waals surface area (Å²) in [6.07, 6.45) is 3.34. The fourth-order valence-electron chi connectivity index (χ4n) is 2.75. The molecule has 25 heavy (non-hydrogen) atoms. The van der Waals surface area contributed by atoms with E-state index in [2.05, 4.69) is 4.72 Å². The molecule has 0 atom stereocenters. The van der Waals surface area contributed by atoms with E-state index in [-0.39, 0.29) is 10.8 Å². The molecule has 2 aromatic rings. The minimum absolute atomic E-state index is 0.171. The molecule has 0 fully saturated rings. The van der Waals surface area contributed by atoms with Crippen LogP contribution in [0.25, 0.3) is 6.08 Å². The molecule has 1 N–H and O–H groups in total. The van der Waals surface area contributed by atoms with Gasteiger partial charge in [0, 0.05) is 23.9 Å². The molecule has 2 aromatic carbocycles. The van der Waals surface area contributed by atoms with Crippen molar-refractivity contribution in [3.63, 3.8) is 0 Å². The van der Waals surface area contributed by atoms with Gasteiger partial charge in [-0.3, -0.25) is 4.79 Å². The van der Waals surface area contributed by atoms with E-state index in [9.17, 15) is 17.6 Å². The maximum Gasteiger partial charge on any atom is 0.251 e. The Balaban J connectivity index is 1.83. The minimum atomic E-state index is -3.52. The highest BCUT2D eigenvalue weighted by molar-refractivity contribution is 7.89. The number of nitrogens with one attached hydrogen (secondary N) is 1. The predicted octanol–water partition coefficient (Wildman–Crippen LogP) is 2.34. The Morgan fingerprint density at radius 1 is 1.24 bits per heavy atom. The lowest BCUT2D eigenvalue weighted by molar-refractivity contribution is -0.114. The maximum atomic E-state index is 13.6. The topological polar surface area (TPSA) is 66.5 Å². The first kappa shape index (κ1) is 17.3. The first-order chi connectivity index (χ1) is 11.9. The zero-order chi connectivity index (χ0) is 18.0. The van der Waals surface area contributed by atoms with E-state index in [4.69, 9.17) is 0 Å². The van der Waals surface area contributed by atoms with Crippen molar-refractivity contribution < 1.29 is 17.6 Å². The van der Waals surface area contributed by atoms with Gasteiger partial charge >= 0.3 is 0 Å². The highest BCUT2D eigenvalue weighted by Gasteiger charge is 2.25. The highest BCUT2D eigenvalue weighted by atomic mass is 32.2. The second-order valence-electron chi connectivity index (χ2n) is 5.59. The van der Waals surface area contributed by atoms with Crippen LogP contribution in [-0.4, -0.2) is 27.9 Å². The van der Waals surface area contributed by atoms with Gasteiger partial charge in [-0.15, -0.1) is 0 Å². The Morgan fingerprint density at radius 2 is 2.00 bits per heavy atom. The van der Waals surface area contributed by atoms with E-state index in [0.29, 0.717) is 24.2 Å². The summed E-state index contributed by atoms with van der Waals surface area (Å²) in [5.41, 5.74) is 1.81. The molecule has 0 bridgehead atoms. The molecule has 7 heteroatoms. The van der Waals surface area contributed by atoms with E-state index in [1.807, 2.05) is 0 Å². The summed E-state index contributed by atoms with van der Waals surface area (Å²) in [5, 5.41) is 0. The molecule has 1 heterocycles. The van der Waals surface area contributed by atoms with Crippen LogP contribution in [0.4, 0.5) is 10.1 Å². The first-order valence-corrected chi connectivity index (χ1v) is 9.21. The van der Waals surface area contributed by atoms with E-state index in [0.717, 1.165) is 5.56 Å². The molecule has 0 aliphatic carbocycles. The smallest absolute Gasteiger partial charge is 0.251 e. The Kier molecular flexibility index (Phi) is 4.69. The summed E-state index contributed by atoms with van der Waals surface area (Å²) in [6.45, 7) is 0.457. The van der Waals surface area contributed by atoms with E-state index in [1.54, 1.807) is 35.2 Å². The number of fused-ring (bicyclic) bond motifs is 1. The monoisotopic (exact) mass is 360 g/mol. The molecule has 0 saturated carbocycles. The van der Waals surface area contributed by atoms with Gasteiger partial charge in [-0.2, -0.15) is 0 Å². The van der Waals surface area contributed by atoms with Gasteiger partial charge in [0.25, 0.3) is 5.91 Å². The van der Waals surface area contributed by atoms with Crippen molar-refractivity contribution >= 4 is 27.7 Å². The summed E-state index contributed by atoms with van der Waals surface area (Å²) in [5.74, 6) is -0.665. The molecule has 0 radical (unpaired) electrons. The molecule has 1 aliphatic heterocycles. The summed E-state index contributed by atoms with van der Waals surface area (Å²) >= 11 is 0. The number of nitrogens with zero attached hydrogens (tertiary/aromatic N) is 1. The van der Waals surface area contributed by atoms with Crippen molar-refractivity contribution in [1.29, 1.82) is 0 Å². The molecule has 0 saturated heterocycles. The van der Waals surface area contributed by atoms with Crippen LogP contribution in [0.15, 0.2) is 53.4 Å². The zero-order valence-corrected chi connectivity index (χ0v) is 14.4. The third kappa shape index (κ3) is 3.47. The lowest BCUT2D eigenvalue weighted by Gasteiger charge is -2.15. The van der Waals surface area contributed by atoms with Crippen LogP contribution in [0.1, 0.15) is 11.1 Å². The van der Waals surface area contributed by atoms with Crippen LogP contribution in [0, 0.1) is 5.82 Å². The molecule has 0 aromatic heterocycles. The van der Waals surface area contributed by atoms with Crippen molar-refractivity contribution in [3.05, 3.63) is 65.5 Å². The maximum absolute atomic E-state index is 13.6.